The third-order valence-electron chi connectivity index (χ3n) is 4.84. The van der Waals surface area contributed by atoms with Crippen LogP contribution in [0.3, 0.4) is 0 Å². The minimum absolute atomic E-state index is 0.0816. The zero-order chi connectivity index (χ0) is 22.4. The van der Waals surface area contributed by atoms with Crippen LogP contribution in [-0.2, 0) is 0 Å². The van der Waals surface area contributed by atoms with Gasteiger partial charge in [-0.15, -0.1) is 0 Å². The molecule has 3 rings (SSSR count). The van der Waals surface area contributed by atoms with E-state index in [4.69, 9.17) is 14.2 Å². The maximum Gasteiger partial charge on any atom is 0.275 e. The number of carbonyl (C=O) groups is 1. The molecule has 162 valence electrons. The van der Waals surface area contributed by atoms with Crippen molar-refractivity contribution >= 4 is 45.5 Å². The van der Waals surface area contributed by atoms with E-state index < -0.39 is 0 Å². The van der Waals surface area contributed by atoms with Crippen LogP contribution >= 0.6 is 22.6 Å². The molecule has 0 fully saturated rings. The topological polar surface area (TPSA) is 69.2 Å². The summed E-state index contributed by atoms with van der Waals surface area (Å²) in [7, 11) is 3.14. The minimum Gasteiger partial charge on any atom is -0.496 e. The highest BCUT2D eigenvalue weighted by molar-refractivity contribution is 14.1. The standard InChI is InChI=1S/C24H25IN2O4/c1-5-15(2)31-23-20(25)10-16(11-22(23)30-4)14-26-27-24(28)19-12-17-8-6-7-9-18(17)13-21(19)29-3/h6-15H,5H2,1-4H3,(H,27,28)/b26-14-/t15-/m0/s1. The molecule has 6 nitrogen and oxygen atoms in total. The lowest BCUT2D eigenvalue weighted by Gasteiger charge is -2.17. The van der Waals surface area contributed by atoms with Crippen LogP contribution in [0, 0.1) is 3.57 Å². The van der Waals surface area contributed by atoms with Gasteiger partial charge >= 0.3 is 0 Å². The fourth-order valence-corrected chi connectivity index (χ4v) is 3.76. The van der Waals surface area contributed by atoms with Crippen molar-refractivity contribution in [3.05, 3.63) is 63.2 Å². The molecule has 1 amide bonds. The van der Waals surface area contributed by atoms with Gasteiger partial charge < -0.3 is 14.2 Å². The van der Waals surface area contributed by atoms with E-state index in [-0.39, 0.29) is 12.0 Å². The molecule has 3 aromatic rings. The van der Waals surface area contributed by atoms with Crippen molar-refractivity contribution in [2.24, 2.45) is 5.10 Å². The SMILES string of the molecule is CC[C@H](C)Oc1c(I)cc(/C=N\NC(=O)c2cc3ccccc3cc2OC)cc1OC. The predicted molar refractivity (Wildman–Crippen MR) is 132 cm³/mol. The maximum atomic E-state index is 12.7. The Hall–Kier alpha value is -2.81. The van der Waals surface area contributed by atoms with E-state index in [0.29, 0.717) is 22.8 Å². The summed E-state index contributed by atoms with van der Waals surface area (Å²) >= 11 is 2.21. The molecule has 0 aliphatic heterocycles. The molecule has 1 N–H and O–H groups in total. The zero-order valence-electron chi connectivity index (χ0n) is 17.9. The Bertz CT molecular complexity index is 1110. The summed E-state index contributed by atoms with van der Waals surface area (Å²) in [6.07, 6.45) is 2.55. The van der Waals surface area contributed by atoms with Gasteiger partial charge in [0.15, 0.2) is 11.5 Å². The van der Waals surface area contributed by atoms with Gasteiger partial charge in [0.1, 0.15) is 5.75 Å². The number of amides is 1. The Morgan fingerprint density at radius 1 is 1.10 bits per heavy atom. The summed E-state index contributed by atoms with van der Waals surface area (Å²) in [5, 5.41) is 6.07. The van der Waals surface area contributed by atoms with Crippen molar-refractivity contribution in [1.29, 1.82) is 0 Å². The molecule has 7 heteroatoms. The first kappa shape index (κ1) is 22.9. The average molecular weight is 532 g/mol. The van der Waals surface area contributed by atoms with Gasteiger partial charge in [0.25, 0.3) is 5.91 Å². The van der Waals surface area contributed by atoms with Crippen molar-refractivity contribution in [2.45, 2.75) is 26.4 Å². The highest BCUT2D eigenvalue weighted by Gasteiger charge is 2.15. The first-order chi connectivity index (χ1) is 15.0. The molecule has 0 aromatic heterocycles. The third kappa shape index (κ3) is 5.46. The van der Waals surface area contributed by atoms with Crippen LogP contribution in [0.5, 0.6) is 17.2 Å². The van der Waals surface area contributed by atoms with Crippen LogP contribution in [0.1, 0.15) is 36.2 Å². The van der Waals surface area contributed by atoms with E-state index >= 15 is 0 Å². The Morgan fingerprint density at radius 3 is 2.42 bits per heavy atom. The van der Waals surface area contributed by atoms with Gasteiger partial charge in [-0.05, 0) is 76.5 Å². The van der Waals surface area contributed by atoms with Crippen molar-refractivity contribution in [3.63, 3.8) is 0 Å². The molecule has 1 atom stereocenters. The van der Waals surface area contributed by atoms with E-state index in [1.165, 1.54) is 0 Å². The largest absolute Gasteiger partial charge is 0.496 e. The lowest BCUT2D eigenvalue weighted by atomic mass is 10.1. The van der Waals surface area contributed by atoms with Crippen molar-refractivity contribution < 1.29 is 19.0 Å². The number of hydrogen-bond acceptors (Lipinski definition) is 5. The monoisotopic (exact) mass is 532 g/mol. The Balaban J connectivity index is 1.79. The second kappa shape index (κ2) is 10.5. The number of hydrazone groups is 1. The molecule has 31 heavy (non-hydrogen) atoms. The van der Waals surface area contributed by atoms with Crippen LogP contribution in [-0.4, -0.2) is 32.4 Å². The van der Waals surface area contributed by atoms with Crippen molar-refractivity contribution in [3.8, 4) is 17.2 Å². The normalized spacial score (nSPS) is 12.0. The van der Waals surface area contributed by atoms with Gasteiger partial charge in [-0.1, -0.05) is 31.2 Å². The van der Waals surface area contributed by atoms with Crippen molar-refractivity contribution in [2.75, 3.05) is 14.2 Å². The molecule has 0 unspecified atom stereocenters. The Kier molecular flexibility index (Phi) is 7.73. The predicted octanol–water partition coefficient (Wildman–Crippen LogP) is 5.40. The molecule has 0 aliphatic rings. The minimum atomic E-state index is -0.350. The summed E-state index contributed by atoms with van der Waals surface area (Å²) in [4.78, 5) is 12.7. The smallest absolute Gasteiger partial charge is 0.275 e. The molecular weight excluding hydrogens is 507 g/mol. The van der Waals surface area contributed by atoms with Crippen molar-refractivity contribution in [1.82, 2.24) is 5.43 Å². The van der Waals surface area contributed by atoms with Crippen LogP contribution in [0.15, 0.2) is 53.6 Å². The Labute approximate surface area is 195 Å². The fraction of sp³-hybridized carbons (Fsp3) is 0.250. The second-order valence-electron chi connectivity index (χ2n) is 6.97. The molecule has 0 saturated heterocycles. The van der Waals surface area contributed by atoms with Crippen LogP contribution in [0.25, 0.3) is 10.8 Å². The summed E-state index contributed by atoms with van der Waals surface area (Å²) in [5.41, 5.74) is 3.78. The first-order valence-electron chi connectivity index (χ1n) is 9.91. The Morgan fingerprint density at radius 2 is 1.77 bits per heavy atom. The lowest BCUT2D eigenvalue weighted by Crippen LogP contribution is -2.18. The number of methoxy groups -OCH3 is 2. The molecule has 0 bridgehead atoms. The molecule has 0 aliphatic carbocycles. The number of hydrogen-bond donors (Lipinski definition) is 1. The number of rotatable bonds is 8. The number of carbonyl (C=O) groups excluding carboxylic acids is 1. The first-order valence-corrected chi connectivity index (χ1v) is 11.0. The van der Waals surface area contributed by atoms with Gasteiger partial charge in [-0.3, -0.25) is 4.79 Å². The number of fused-ring (bicyclic) bond motifs is 1. The second-order valence-corrected chi connectivity index (χ2v) is 8.13. The van der Waals surface area contributed by atoms with Gasteiger partial charge in [0.05, 0.1) is 35.7 Å². The summed E-state index contributed by atoms with van der Waals surface area (Å²) in [5.74, 6) is 1.47. The fourth-order valence-electron chi connectivity index (χ4n) is 3.00. The molecule has 0 heterocycles. The van der Waals surface area contributed by atoms with E-state index in [1.807, 2.05) is 49.4 Å². The third-order valence-corrected chi connectivity index (χ3v) is 5.64. The van der Waals surface area contributed by atoms with Gasteiger partial charge in [0, 0.05) is 0 Å². The average Bonchev–Trinajstić information content (AvgIpc) is 2.79. The maximum absolute atomic E-state index is 12.7. The van der Waals surface area contributed by atoms with Crippen LogP contribution in [0.2, 0.25) is 0 Å². The van der Waals surface area contributed by atoms with Gasteiger partial charge in [0.2, 0.25) is 0 Å². The van der Waals surface area contributed by atoms with E-state index in [9.17, 15) is 4.79 Å². The van der Waals surface area contributed by atoms with Gasteiger partial charge in [-0.2, -0.15) is 5.10 Å². The molecule has 0 saturated carbocycles. The number of nitrogens with one attached hydrogen (secondary N) is 1. The van der Waals surface area contributed by atoms with E-state index in [1.54, 1.807) is 26.5 Å². The highest BCUT2D eigenvalue weighted by atomic mass is 127. The van der Waals surface area contributed by atoms with E-state index in [0.717, 1.165) is 26.3 Å². The number of benzene rings is 3. The molecule has 3 aromatic carbocycles. The van der Waals surface area contributed by atoms with Gasteiger partial charge in [-0.25, -0.2) is 5.43 Å². The number of nitrogens with zero attached hydrogens (tertiary/aromatic N) is 1. The molecule has 0 radical (unpaired) electrons. The zero-order valence-corrected chi connectivity index (χ0v) is 20.1. The van der Waals surface area contributed by atoms with Crippen LogP contribution in [0.4, 0.5) is 0 Å². The summed E-state index contributed by atoms with van der Waals surface area (Å²) < 4.78 is 17.8. The number of halogens is 1. The lowest BCUT2D eigenvalue weighted by molar-refractivity contribution is 0.0952. The number of ether oxygens (including phenoxy) is 3. The quantitative estimate of drug-likeness (QED) is 0.240. The highest BCUT2D eigenvalue weighted by Crippen LogP contribution is 2.34. The summed E-state index contributed by atoms with van der Waals surface area (Å²) in [6, 6.07) is 15.2. The van der Waals surface area contributed by atoms with Crippen LogP contribution < -0.4 is 19.6 Å². The summed E-state index contributed by atoms with van der Waals surface area (Å²) in [6.45, 7) is 4.08. The molecule has 0 spiro atoms. The molecular formula is C24H25IN2O4. The van der Waals surface area contributed by atoms with E-state index in [2.05, 4.69) is 40.0 Å².